The quantitative estimate of drug-likeness (QED) is 0.244. The number of hydrogen-bond donors (Lipinski definition) is 3. The number of H-pyrrole nitrogens is 1. The third kappa shape index (κ3) is 5.84. The second kappa shape index (κ2) is 12.1. The molecule has 0 amide bonds. The Morgan fingerprint density at radius 1 is 1.20 bits per heavy atom. The van der Waals surface area contributed by atoms with Gasteiger partial charge in [0.25, 0.3) is 0 Å². The first-order valence-electron chi connectivity index (χ1n) is 14.6. The van der Waals surface area contributed by atoms with E-state index in [1.54, 1.807) is 11.9 Å². The number of aliphatic hydroxyl groups excluding tert-OH is 1. The number of aromatic amines is 1. The van der Waals surface area contributed by atoms with Crippen molar-refractivity contribution in [1.29, 1.82) is 5.26 Å². The zero-order chi connectivity index (χ0) is 30.9. The number of aromatic nitrogens is 7. The molecule has 1 aliphatic carbocycles. The Kier molecular flexibility index (Phi) is 8.23. The summed E-state index contributed by atoms with van der Waals surface area (Å²) >= 11 is 0. The molecule has 0 radical (unpaired) electrons. The fourth-order valence-corrected chi connectivity index (χ4v) is 6.20. The van der Waals surface area contributed by atoms with Gasteiger partial charge in [-0.15, -0.1) is 0 Å². The highest BCUT2D eigenvalue weighted by atomic mass is 19.4. The highest BCUT2D eigenvalue weighted by Gasteiger charge is 2.43. The first-order chi connectivity index (χ1) is 21.2. The smallest absolute Gasteiger partial charge is 0.451 e. The number of likely N-dealkylation sites (N-methyl/N-ethyl adjacent to an activating group) is 1. The normalized spacial score (nSPS) is 20.0. The standard InChI is InChI=1S/C29H33F3N10O2/c1-41(10-11-43)14-19-12-23(40-27(39-19)29(30,31)32)44-20-4-2-18(3-5-20)25-22(24-21-6-9-35-26(21)37-17-36-24)13-38-42(25)28(7-8-33)15-34-16-28/h6,9,12-13,17-18,20,34,43H,2-5,7,10-11,14-16H2,1H3,(H,35,36,37). The first-order valence-corrected chi connectivity index (χ1v) is 14.6. The van der Waals surface area contributed by atoms with Gasteiger partial charge < -0.3 is 20.1 Å². The third-order valence-corrected chi connectivity index (χ3v) is 8.45. The summed E-state index contributed by atoms with van der Waals surface area (Å²) in [5.41, 5.74) is 3.06. The Hall–Kier alpha value is -4.13. The number of fused-ring (bicyclic) bond motifs is 1. The maximum Gasteiger partial charge on any atom is 0.451 e. The van der Waals surface area contributed by atoms with Gasteiger partial charge in [-0.05, 0) is 38.8 Å². The predicted octanol–water partition coefficient (Wildman–Crippen LogP) is 3.37. The van der Waals surface area contributed by atoms with Crippen molar-refractivity contribution in [2.45, 2.75) is 62.4 Å². The summed E-state index contributed by atoms with van der Waals surface area (Å²) in [5.74, 6) is -1.30. The molecule has 232 valence electrons. The number of hydrogen-bond acceptors (Lipinski definition) is 10. The number of aliphatic hydroxyl groups is 1. The van der Waals surface area contributed by atoms with Gasteiger partial charge >= 0.3 is 6.18 Å². The monoisotopic (exact) mass is 610 g/mol. The Labute approximate surface area is 251 Å². The zero-order valence-electron chi connectivity index (χ0n) is 24.2. The molecule has 1 saturated heterocycles. The van der Waals surface area contributed by atoms with Crippen LogP contribution in [-0.4, -0.2) is 84.1 Å². The van der Waals surface area contributed by atoms with Crippen LogP contribution in [0.4, 0.5) is 13.2 Å². The minimum absolute atomic E-state index is 0.0614. The van der Waals surface area contributed by atoms with E-state index in [0.29, 0.717) is 57.4 Å². The summed E-state index contributed by atoms with van der Waals surface area (Å²) in [6.45, 7) is 1.53. The first kappa shape index (κ1) is 29.9. The van der Waals surface area contributed by atoms with Crippen molar-refractivity contribution in [3.8, 4) is 23.2 Å². The van der Waals surface area contributed by atoms with Crippen LogP contribution >= 0.6 is 0 Å². The van der Waals surface area contributed by atoms with E-state index in [9.17, 15) is 23.5 Å². The second-order valence-corrected chi connectivity index (χ2v) is 11.6. The SMILES string of the molecule is CN(CCO)Cc1cc(OC2CCC(c3c(-c4ncnc5[nH]ccc45)cnn3C3(CC#N)CNC3)CC2)nc(C(F)(F)F)n1. The maximum atomic E-state index is 13.6. The number of alkyl halides is 3. The molecule has 0 unspecified atom stereocenters. The molecule has 1 aliphatic heterocycles. The Bertz CT molecular complexity index is 1650. The molecule has 1 saturated carbocycles. The molecule has 15 heteroatoms. The fraction of sp³-hybridized carbons (Fsp3) is 0.517. The summed E-state index contributed by atoms with van der Waals surface area (Å²) in [6.07, 6.45) is 2.98. The molecular formula is C29H33F3N10O2. The molecule has 0 spiro atoms. The molecule has 4 aromatic heterocycles. The van der Waals surface area contributed by atoms with Gasteiger partial charge in [-0.2, -0.15) is 28.5 Å². The number of rotatable bonds is 10. The van der Waals surface area contributed by atoms with Crippen LogP contribution < -0.4 is 10.1 Å². The predicted molar refractivity (Wildman–Crippen MR) is 152 cm³/mol. The van der Waals surface area contributed by atoms with Gasteiger partial charge in [-0.3, -0.25) is 9.58 Å². The molecule has 0 bridgehead atoms. The molecule has 44 heavy (non-hydrogen) atoms. The number of halogens is 3. The van der Waals surface area contributed by atoms with E-state index in [1.165, 1.54) is 12.4 Å². The number of nitrogens with zero attached hydrogens (tertiary/aromatic N) is 8. The summed E-state index contributed by atoms with van der Waals surface area (Å²) in [4.78, 5) is 21.1. The van der Waals surface area contributed by atoms with Crippen molar-refractivity contribution in [1.82, 2.24) is 44.9 Å². The van der Waals surface area contributed by atoms with Crippen molar-refractivity contribution in [2.75, 3.05) is 33.3 Å². The molecule has 0 aromatic carbocycles. The van der Waals surface area contributed by atoms with E-state index in [1.807, 2.05) is 23.1 Å². The second-order valence-electron chi connectivity index (χ2n) is 11.6. The highest BCUT2D eigenvalue weighted by Crippen LogP contribution is 2.43. The van der Waals surface area contributed by atoms with Crippen LogP contribution in [0.15, 0.2) is 30.9 Å². The van der Waals surface area contributed by atoms with Crippen LogP contribution in [0.1, 0.15) is 55.2 Å². The largest absolute Gasteiger partial charge is 0.474 e. The van der Waals surface area contributed by atoms with Gasteiger partial charge in [0.05, 0.1) is 42.4 Å². The number of nitrogens with one attached hydrogen (secondary N) is 2. The molecule has 4 aromatic rings. The lowest BCUT2D eigenvalue weighted by Gasteiger charge is -2.43. The Balaban J connectivity index is 1.26. The average Bonchev–Trinajstić information content (AvgIpc) is 3.63. The lowest BCUT2D eigenvalue weighted by Crippen LogP contribution is -2.61. The Morgan fingerprint density at radius 3 is 2.68 bits per heavy atom. The maximum absolute atomic E-state index is 13.6. The minimum atomic E-state index is -4.72. The zero-order valence-corrected chi connectivity index (χ0v) is 24.2. The lowest BCUT2D eigenvalue weighted by molar-refractivity contribution is -0.145. The number of nitriles is 1. The van der Waals surface area contributed by atoms with E-state index in [2.05, 4.69) is 36.3 Å². The van der Waals surface area contributed by atoms with E-state index < -0.39 is 17.5 Å². The average molecular weight is 611 g/mol. The molecule has 6 rings (SSSR count). The topological polar surface area (TPSA) is 154 Å². The minimum Gasteiger partial charge on any atom is -0.474 e. The van der Waals surface area contributed by atoms with Crippen molar-refractivity contribution < 1.29 is 23.0 Å². The summed E-state index contributed by atoms with van der Waals surface area (Å²) in [6, 6.07) is 5.70. The van der Waals surface area contributed by atoms with Crippen LogP contribution in [0.25, 0.3) is 22.3 Å². The van der Waals surface area contributed by atoms with E-state index >= 15 is 0 Å². The molecule has 3 N–H and O–H groups in total. The molecular weight excluding hydrogens is 577 g/mol. The molecule has 0 atom stereocenters. The third-order valence-electron chi connectivity index (χ3n) is 8.45. The Morgan fingerprint density at radius 2 is 2.00 bits per heavy atom. The van der Waals surface area contributed by atoms with Gasteiger partial charge in [-0.1, -0.05) is 0 Å². The van der Waals surface area contributed by atoms with Crippen LogP contribution in [-0.2, 0) is 18.3 Å². The lowest BCUT2D eigenvalue weighted by atomic mass is 9.81. The summed E-state index contributed by atoms with van der Waals surface area (Å²) < 4.78 is 48.9. The van der Waals surface area contributed by atoms with Crippen molar-refractivity contribution in [3.63, 3.8) is 0 Å². The summed E-state index contributed by atoms with van der Waals surface area (Å²) in [5, 5.41) is 27.8. The van der Waals surface area contributed by atoms with Crippen molar-refractivity contribution >= 4 is 11.0 Å². The van der Waals surface area contributed by atoms with Crippen LogP contribution in [0.2, 0.25) is 0 Å². The van der Waals surface area contributed by atoms with Gasteiger partial charge in [0.15, 0.2) is 0 Å². The van der Waals surface area contributed by atoms with E-state index in [4.69, 9.17) is 9.84 Å². The molecule has 2 fully saturated rings. The van der Waals surface area contributed by atoms with Crippen LogP contribution in [0.3, 0.4) is 0 Å². The van der Waals surface area contributed by atoms with Crippen LogP contribution in [0, 0.1) is 11.3 Å². The van der Waals surface area contributed by atoms with E-state index in [-0.39, 0.29) is 36.7 Å². The van der Waals surface area contributed by atoms with Gasteiger partial charge in [0.2, 0.25) is 11.7 Å². The van der Waals surface area contributed by atoms with Crippen molar-refractivity contribution in [3.05, 3.63) is 48.1 Å². The van der Waals surface area contributed by atoms with Gasteiger partial charge in [0.1, 0.15) is 23.6 Å². The highest BCUT2D eigenvalue weighted by molar-refractivity contribution is 5.91. The van der Waals surface area contributed by atoms with Crippen LogP contribution in [0.5, 0.6) is 5.88 Å². The number of ether oxygens (including phenoxy) is 1. The summed E-state index contributed by atoms with van der Waals surface area (Å²) in [7, 11) is 1.69. The molecule has 12 nitrogen and oxygen atoms in total. The molecule has 2 aliphatic rings. The fourth-order valence-electron chi connectivity index (χ4n) is 6.20. The van der Waals surface area contributed by atoms with Gasteiger partial charge in [-0.25, -0.2) is 15.0 Å². The van der Waals surface area contributed by atoms with E-state index in [0.717, 1.165) is 22.3 Å². The van der Waals surface area contributed by atoms with Crippen molar-refractivity contribution in [2.24, 2.45) is 0 Å². The molecule has 5 heterocycles. The van der Waals surface area contributed by atoms with Gasteiger partial charge in [0, 0.05) is 55.3 Å².